The molecule has 1 aromatic carbocycles. The SMILES string of the molecule is CCOc1cc(CCN)cc(Br)c1OCCC1CC1. The van der Waals surface area contributed by atoms with Crippen LogP contribution in [0.3, 0.4) is 0 Å². The molecule has 0 aliphatic heterocycles. The summed E-state index contributed by atoms with van der Waals surface area (Å²) in [5.41, 5.74) is 6.78. The summed E-state index contributed by atoms with van der Waals surface area (Å²) in [5, 5.41) is 0. The topological polar surface area (TPSA) is 44.5 Å². The van der Waals surface area contributed by atoms with Crippen molar-refractivity contribution in [3.63, 3.8) is 0 Å². The summed E-state index contributed by atoms with van der Waals surface area (Å²) in [6.07, 6.45) is 4.71. The van der Waals surface area contributed by atoms with Gasteiger partial charge in [-0.1, -0.05) is 12.8 Å². The van der Waals surface area contributed by atoms with Crippen LogP contribution in [0.5, 0.6) is 11.5 Å². The van der Waals surface area contributed by atoms with Crippen molar-refractivity contribution in [3.05, 3.63) is 22.2 Å². The second kappa shape index (κ2) is 7.15. The Morgan fingerprint density at radius 2 is 2.11 bits per heavy atom. The van der Waals surface area contributed by atoms with E-state index in [-0.39, 0.29) is 0 Å². The highest BCUT2D eigenvalue weighted by Crippen LogP contribution is 2.38. The molecule has 0 atom stereocenters. The van der Waals surface area contributed by atoms with E-state index in [4.69, 9.17) is 15.2 Å². The fourth-order valence-electron chi connectivity index (χ4n) is 2.07. The molecular formula is C15H22BrNO2. The van der Waals surface area contributed by atoms with E-state index in [2.05, 4.69) is 22.0 Å². The summed E-state index contributed by atoms with van der Waals surface area (Å²) in [5.74, 6) is 2.52. The van der Waals surface area contributed by atoms with Crippen LogP contribution < -0.4 is 15.2 Å². The third-order valence-electron chi connectivity index (χ3n) is 3.27. The van der Waals surface area contributed by atoms with Gasteiger partial charge in [-0.05, 0) is 65.9 Å². The van der Waals surface area contributed by atoms with Crippen molar-refractivity contribution in [2.24, 2.45) is 11.7 Å². The zero-order valence-corrected chi connectivity index (χ0v) is 13.0. The van der Waals surface area contributed by atoms with Gasteiger partial charge < -0.3 is 15.2 Å². The third-order valence-corrected chi connectivity index (χ3v) is 3.86. The van der Waals surface area contributed by atoms with Crippen LogP contribution in [-0.4, -0.2) is 19.8 Å². The van der Waals surface area contributed by atoms with Crippen LogP contribution in [0.4, 0.5) is 0 Å². The van der Waals surface area contributed by atoms with Crippen molar-refractivity contribution >= 4 is 15.9 Å². The normalized spacial score (nSPS) is 14.5. The van der Waals surface area contributed by atoms with Crippen molar-refractivity contribution in [2.75, 3.05) is 19.8 Å². The molecule has 0 aromatic heterocycles. The summed E-state index contributed by atoms with van der Waals surface area (Å²) in [6, 6.07) is 4.11. The summed E-state index contributed by atoms with van der Waals surface area (Å²) in [4.78, 5) is 0. The zero-order chi connectivity index (χ0) is 13.7. The van der Waals surface area contributed by atoms with E-state index >= 15 is 0 Å². The fraction of sp³-hybridized carbons (Fsp3) is 0.600. The molecule has 1 fully saturated rings. The van der Waals surface area contributed by atoms with Crippen LogP contribution in [0.1, 0.15) is 31.7 Å². The Hall–Kier alpha value is -0.740. The largest absolute Gasteiger partial charge is 0.490 e. The summed E-state index contributed by atoms with van der Waals surface area (Å²) in [6.45, 7) is 4.02. The minimum Gasteiger partial charge on any atom is -0.490 e. The van der Waals surface area contributed by atoms with Gasteiger partial charge in [-0.15, -0.1) is 0 Å². The van der Waals surface area contributed by atoms with Crippen molar-refractivity contribution < 1.29 is 9.47 Å². The highest BCUT2D eigenvalue weighted by Gasteiger charge is 2.21. The molecule has 106 valence electrons. The quantitative estimate of drug-likeness (QED) is 0.794. The van der Waals surface area contributed by atoms with Gasteiger partial charge >= 0.3 is 0 Å². The maximum Gasteiger partial charge on any atom is 0.175 e. The van der Waals surface area contributed by atoms with Crippen LogP contribution in [-0.2, 0) is 6.42 Å². The molecule has 2 N–H and O–H groups in total. The average Bonchev–Trinajstić information content (AvgIpc) is 3.17. The predicted molar refractivity (Wildman–Crippen MR) is 80.9 cm³/mol. The molecule has 4 heteroatoms. The molecule has 0 bridgehead atoms. The van der Waals surface area contributed by atoms with Crippen LogP contribution in [0.15, 0.2) is 16.6 Å². The molecule has 0 heterocycles. The smallest absolute Gasteiger partial charge is 0.175 e. The molecule has 19 heavy (non-hydrogen) atoms. The maximum atomic E-state index is 5.90. The van der Waals surface area contributed by atoms with E-state index < -0.39 is 0 Å². The summed E-state index contributed by atoms with van der Waals surface area (Å²) in [7, 11) is 0. The van der Waals surface area contributed by atoms with Gasteiger partial charge in [0.2, 0.25) is 0 Å². The van der Waals surface area contributed by atoms with E-state index in [0.717, 1.165) is 41.3 Å². The molecule has 1 aromatic rings. The molecule has 1 saturated carbocycles. The lowest BCUT2D eigenvalue weighted by molar-refractivity contribution is 0.267. The van der Waals surface area contributed by atoms with E-state index in [1.807, 2.05) is 13.0 Å². The van der Waals surface area contributed by atoms with Crippen LogP contribution >= 0.6 is 15.9 Å². The number of nitrogens with two attached hydrogens (primary N) is 1. The Bertz CT molecular complexity index is 419. The Kier molecular flexibility index (Phi) is 5.52. The van der Waals surface area contributed by atoms with Crippen LogP contribution in [0.2, 0.25) is 0 Å². The molecule has 0 amide bonds. The minimum absolute atomic E-state index is 0.636. The lowest BCUT2D eigenvalue weighted by atomic mass is 10.1. The molecule has 0 spiro atoms. The Balaban J connectivity index is 2.08. The molecule has 3 nitrogen and oxygen atoms in total. The molecule has 0 saturated heterocycles. The van der Waals surface area contributed by atoms with Gasteiger partial charge in [0.05, 0.1) is 17.7 Å². The van der Waals surface area contributed by atoms with Gasteiger partial charge in [0.1, 0.15) is 0 Å². The molecule has 2 rings (SSSR count). The molecule has 0 radical (unpaired) electrons. The van der Waals surface area contributed by atoms with Gasteiger partial charge in [-0.2, -0.15) is 0 Å². The van der Waals surface area contributed by atoms with Gasteiger partial charge in [-0.3, -0.25) is 0 Å². The number of ether oxygens (including phenoxy) is 2. The molecule has 1 aliphatic rings. The van der Waals surface area contributed by atoms with Crippen molar-refractivity contribution in [3.8, 4) is 11.5 Å². The van der Waals surface area contributed by atoms with Gasteiger partial charge in [0, 0.05) is 0 Å². The van der Waals surface area contributed by atoms with Gasteiger partial charge in [0.25, 0.3) is 0 Å². The average molecular weight is 328 g/mol. The second-order valence-corrected chi connectivity index (χ2v) is 5.81. The minimum atomic E-state index is 0.636. The monoisotopic (exact) mass is 327 g/mol. The first-order valence-electron chi connectivity index (χ1n) is 7.02. The van der Waals surface area contributed by atoms with E-state index in [9.17, 15) is 0 Å². The number of hydrogen-bond acceptors (Lipinski definition) is 3. The first kappa shape index (κ1) is 14.7. The Morgan fingerprint density at radius 1 is 1.32 bits per heavy atom. The Morgan fingerprint density at radius 3 is 2.74 bits per heavy atom. The number of halogens is 1. The summed E-state index contributed by atoms with van der Waals surface area (Å²) >= 11 is 3.58. The first-order valence-corrected chi connectivity index (χ1v) is 7.82. The fourth-order valence-corrected chi connectivity index (χ4v) is 2.67. The lowest BCUT2D eigenvalue weighted by Gasteiger charge is -2.15. The number of hydrogen-bond donors (Lipinski definition) is 1. The Labute approximate surface area is 123 Å². The predicted octanol–water partition coefficient (Wildman–Crippen LogP) is 3.53. The highest BCUT2D eigenvalue weighted by atomic mass is 79.9. The molecule has 0 unspecified atom stereocenters. The third kappa shape index (κ3) is 4.39. The number of rotatable bonds is 8. The van der Waals surface area contributed by atoms with E-state index in [1.165, 1.54) is 18.4 Å². The lowest BCUT2D eigenvalue weighted by Crippen LogP contribution is -2.06. The summed E-state index contributed by atoms with van der Waals surface area (Å²) < 4.78 is 12.5. The van der Waals surface area contributed by atoms with Crippen molar-refractivity contribution in [1.82, 2.24) is 0 Å². The number of benzene rings is 1. The zero-order valence-electron chi connectivity index (χ0n) is 11.5. The molecule has 1 aliphatic carbocycles. The first-order chi connectivity index (χ1) is 9.24. The van der Waals surface area contributed by atoms with Crippen molar-refractivity contribution in [1.29, 1.82) is 0 Å². The van der Waals surface area contributed by atoms with Gasteiger partial charge in [-0.25, -0.2) is 0 Å². The van der Waals surface area contributed by atoms with Crippen LogP contribution in [0, 0.1) is 5.92 Å². The highest BCUT2D eigenvalue weighted by molar-refractivity contribution is 9.10. The van der Waals surface area contributed by atoms with E-state index in [1.54, 1.807) is 0 Å². The van der Waals surface area contributed by atoms with Crippen molar-refractivity contribution in [2.45, 2.75) is 32.6 Å². The molecular weight excluding hydrogens is 306 g/mol. The standard InChI is InChI=1S/C15H22BrNO2/c1-2-18-14-10-12(5-7-17)9-13(16)15(14)19-8-6-11-3-4-11/h9-11H,2-8,17H2,1H3. The van der Waals surface area contributed by atoms with Gasteiger partial charge in [0.15, 0.2) is 11.5 Å². The van der Waals surface area contributed by atoms with E-state index in [0.29, 0.717) is 13.2 Å². The maximum absolute atomic E-state index is 5.90. The van der Waals surface area contributed by atoms with Crippen LogP contribution in [0.25, 0.3) is 0 Å². The second-order valence-electron chi connectivity index (χ2n) is 4.96.